The summed E-state index contributed by atoms with van der Waals surface area (Å²) in [6, 6.07) is 46.0. The molecule has 0 fully saturated rings. The zero-order valence-electron chi connectivity index (χ0n) is 26.3. The predicted molar refractivity (Wildman–Crippen MR) is 190 cm³/mol. The number of imide groups is 1. The summed E-state index contributed by atoms with van der Waals surface area (Å²) in [4.78, 5) is 30.0. The van der Waals surface area contributed by atoms with Gasteiger partial charge in [0.25, 0.3) is 11.8 Å². The Kier molecular flexibility index (Phi) is 7.61. The van der Waals surface area contributed by atoms with Crippen LogP contribution in [0.2, 0.25) is 0 Å². The van der Waals surface area contributed by atoms with Gasteiger partial charge in [-0.3, -0.25) is 9.59 Å². The smallest absolute Gasteiger partial charge is 0.268 e. The molecular weight excluding hydrogens is 592 g/mol. The van der Waals surface area contributed by atoms with Gasteiger partial charge in [-0.1, -0.05) is 86.6 Å². The molecule has 6 nitrogen and oxygen atoms in total. The van der Waals surface area contributed by atoms with Crippen LogP contribution in [-0.4, -0.2) is 16.4 Å². The van der Waals surface area contributed by atoms with Crippen molar-refractivity contribution in [2.75, 3.05) is 4.90 Å². The number of amides is 2. The lowest BCUT2D eigenvalue weighted by Crippen LogP contribution is -2.30. The van der Waals surface area contributed by atoms with E-state index >= 15 is 0 Å². The first-order valence-electron chi connectivity index (χ1n) is 15.7. The van der Waals surface area contributed by atoms with Gasteiger partial charge < -0.3 is 4.57 Å². The van der Waals surface area contributed by atoms with Crippen LogP contribution in [0, 0.1) is 22.7 Å². The van der Waals surface area contributed by atoms with Gasteiger partial charge in [-0.05, 0) is 77.4 Å². The van der Waals surface area contributed by atoms with E-state index in [1.807, 2.05) is 115 Å². The van der Waals surface area contributed by atoms with Gasteiger partial charge in [0.1, 0.15) is 0 Å². The maximum atomic E-state index is 14.5. The lowest BCUT2D eigenvalue weighted by atomic mass is 9.97. The second-order valence-electron chi connectivity index (χ2n) is 11.1. The highest BCUT2D eigenvalue weighted by Crippen LogP contribution is 2.42. The summed E-state index contributed by atoms with van der Waals surface area (Å²) >= 11 is 0. The topological polar surface area (TPSA) is 89.9 Å². The third-order valence-electron chi connectivity index (χ3n) is 8.59. The molecule has 0 N–H and O–H groups in total. The van der Waals surface area contributed by atoms with Gasteiger partial charge in [0.15, 0.2) is 0 Å². The molecule has 1 aromatic heterocycles. The second-order valence-corrected chi connectivity index (χ2v) is 11.1. The average Bonchev–Trinajstić information content (AvgIpc) is 3.62. The standard InChI is InChI=1S/C40H22N4O2.C2H6/c41-23-25-14-17-35-32(20-25)33-21-26(24-42)15-18-36(33)43(35)37-13-7-12-30-38(37)40(46)44(39(30)45)34-19-16-29(27-8-3-1-4-9-27)22-31(34)28-10-5-2-6-11-28;1-2/h1-22H;1-2H3. The van der Waals surface area contributed by atoms with Crippen LogP contribution < -0.4 is 4.90 Å². The molecule has 0 bridgehead atoms. The normalized spacial score (nSPS) is 12.0. The zero-order valence-corrected chi connectivity index (χ0v) is 26.3. The quantitative estimate of drug-likeness (QED) is 0.183. The fourth-order valence-corrected chi connectivity index (χ4v) is 6.48. The van der Waals surface area contributed by atoms with Crippen molar-refractivity contribution in [2.24, 2.45) is 0 Å². The Morgan fingerprint density at radius 1 is 0.500 bits per heavy atom. The van der Waals surface area contributed by atoms with Crippen LogP contribution in [0.15, 0.2) is 133 Å². The number of hydrogen-bond acceptors (Lipinski definition) is 4. The van der Waals surface area contributed by atoms with Crippen molar-refractivity contribution in [3.05, 3.63) is 156 Å². The van der Waals surface area contributed by atoms with E-state index in [1.165, 1.54) is 4.90 Å². The van der Waals surface area contributed by atoms with Crippen LogP contribution in [0.25, 0.3) is 49.7 Å². The van der Waals surface area contributed by atoms with E-state index in [0.29, 0.717) is 33.6 Å². The van der Waals surface area contributed by atoms with Gasteiger partial charge in [-0.25, -0.2) is 4.90 Å². The molecule has 1 aliphatic rings. The first-order chi connectivity index (χ1) is 23.6. The van der Waals surface area contributed by atoms with Crippen LogP contribution >= 0.6 is 0 Å². The monoisotopic (exact) mass is 620 g/mol. The third-order valence-corrected chi connectivity index (χ3v) is 8.59. The minimum absolute atomic E-state index is 0.297. The number of anilines is 1. The summed E-state index contributed by atoms with van der Waals surface area (Å²) in [6.07, 6.45) is 0. The van der Waals surface area contributed by atoms with Crippen LogP contribution in [0.5, 0.6) is 0 Å². The second kappa shape index (κ2) is 12.2. The van der Waals surface area contributed by atoms with E-state index in [1.54, 1.807) is 36.4 Å². The van der Waals surface area contributed by atoms with E-state index in [0.717, 1.165) is 44.1 Å². The number of carbonyl (C=O) groups is 2. The average molecular weight is 621 g/mol. The molecule has 0 aliphatic carbocycles. The molecule has 0 saturated carbocycles. The number of hydrogen-bond donors (Lipinski definition) is 0. The maximum absolute atomic E-state index is 14.5. The molecule has 228 valence electrons. The summed E-state index contributed by atoms with van der Waals surface area (Å²) < 4.78 is 1.94. The number of carbonyl (C=O) groups excluding carboxylic acids is 2. The van der Waals surface area contributed by atoms with Gasteiger partial charge in [0, 0.05) is 16.3 Å². The molecule has 8 rings (SSSR count). The minimum Gasteiger partial charge on any atom is -0.308 e. The van der Waals surface area contributed by atoms with Crippen LogP contribution in [0.1, 0.15) is 45.7 Å². The van der Waals surface area contributed by atoms with Crippen molar-refractivity contribution >= 4 is 39.3 Å². The van der Waals surface area contributed by atoms with Crippen molar-refractivity contribution in [2.45, 2.75) is 13.8 Å². The van der Waals surface area contributed by atoms with Gasteiger partial charge in [0.05, 0.1) is 56.8 Å². The number of aromatic nitrogens is 1. The van der Waals surface area contributed by atoms with Crippen molar-refractivity contribution in [3.8, 4) is 40.1 Å². The van der Waals surface area contributed by atoms with E-state index < -0.39 is 11.8 Å². The van der Waals surface area contributed by atoms with E-state index in [9.17, 15) is 20.1 Å². The van der Waals surface area contributed by atoms with Crippen molar-refractivity contribution in [1.29, 1.82) is 10.5 Å². The van der Waals surface area contributed by atoms with Gasteiger partial charge in [-0.15, -0.1) is 0 Å². The fourth-order valence-electron chi connectivity index (χ4n) is 6.48. The van der Waals surface area contributed by atoms with Crippen LogP contribution in [0.4, 0.5) is 5.69 Å². The molecule has 6 aromatic carbocycles. The molecule has 0 radical (unpaired) electrons. The Morgan fingerprint density at radius 2 is 1.08 bits per heavy atom. The summed E-state index contributed by atoms with van der Waals surface area (Å²) in [5.41, 5.74) is 7.80. The summed E-state index contributed by atoms with van der Waals surface area (Å²) in [5, 5.41) is 20.8. The fraction of sp³-hybridized carbons (Fsp3) is 0.0476. The van der Waals surface area contributed by atoms with Crippen LogP contribution in [-0.2, 0) is 0 Å². The summed E-state index contributed by atoms with van der Waals surface area (Å²) in [6.45, 7) is 4.00. The number of nitrogens with zero attached hydrogens (tertiary/aromatic N) is 4. The van der Waals surface area contributed by atoms with Gasteiger partial charge in [0.2, 0.25) is 0 Å². The van der Waals surface area contributed by atoms with E-state index in [-0.39, 0.29) is 0 Å². The Balaban J connectivity index is 0.00000179. The zero-order chi connectivity index (χ0) is 33.4. The Hall–Kier alpha value is -6.76. The molecular formula is C42H28N4O2. The van der Waals surface area contributed by atoms with Crippen LogP contribution in [0.3, 0.4) is 0 Å². The molecule has 0 spiro atoms. The lowest BCUT2D eigenvalue weighted by molar-refractivity contribution is 0.0926. The molecule has 0 unspecified atom stereocenters. The molecule has 2 heterocycles. The van der Waals surface area contributed by atoms with E-state index in [4.69, 9.17) is 0 Å². The number of fused-ring (bicyclic) bond motifs is 4. The van der Waals surface area contributed by atoms with Crippen molar-refractivity contribution in [3.63, 3.8) is 0 Å². The molecule has 7 aromatic rings. The first-order valence-corrected chi connectivity index (χ1v) is 15.7. The highest BCUT2D eigenvalue weighted by molar-refractivity contribution is 6.36. The lowest BCUT2D eigenvalue weighted by Gasteiger charge is -2.20. The third kappa shape index (κ3) is 4.72. The highest BCUT2D eigenvalue weighted by Gasteiger charge is 2.40. The molecule has 2 amide bonds. The molecule has 1 aliphatic heterocycles. The number of rotatable bonds is 4. The summed E-state index contributed by atoms with van der Waals surface area (Å²) in [5.74, 6) is -0.816. The maximum Gasteiger partial charge on any atom is 0.268 e. The highest BCUT2D eigenvalue weighted by atomic mass is 16.2. The van der Waals surface area contributed by atoms with Gasteiger partial charge in [-0.2, -0.15) is 10.5 Å². The molecule has 0 atom stereocenters. The Morgan fingerprint density at radius 3 is 1.67 bits per heavy atom. The Bertz CT molecular complexity index is 2410. The van der Waals surface area contributed by atoms with E-state index in [2.05, 4.69) is 12.1 Å². The number of benzene rings is 6. The number of nitriles is 2. The van der Waals surface area contributed by atoms with Crippen molar-refractivity contribution < 1.29 is 9.59 Å². The predicted octanol–water partition coefficient (Wildman–Crippen LogP) is 9.69. The largest absolute Gasteiger partial charge is 0.308 e. The van der Waals surface area contributed by atoms with Crippen molar-refractivity contribution in [1.82, 2.24) is 4.57 Å². The first kappa shape index (κ1) is 29.9. The molecule has 6 heteroatoms. The SMILES string of the molecule is CC.N#Cc1ccc2c(c1)c1cc(C#N)ccc1n2-c1cccc2c1C(=O)N(c1ccc(-c3ccccc3)cc1-c1ccccc1)C2=O. The molecule has 48 heavy (non-hydrogen) atoms. The summed E-state index contributed by atoms with van der Waals surface area (Å²) in [7, 11) is 0. The molecule has 0 saturated heterocycles. The minimum atomic E-state index is -0.419. The van der Waals surface area contributed by atoms with Gasteiger partial charge >= 0.3 is 0 Å². The Labute approximate surface area is 277 Å².